The van der Waals surface area contributed by atoms with Gasteiger partial charge in [-0.2, -0.15) is 0 Å². The molecule has 3 heteroatoms. The number of ether oxygens (including phenoxy) is 1. The predicted octanol–water partition coefficient (Wildman–Crippen LogP) is 2.67. The molecule has 1 fully saturated rings. The van der Waals surface area contributed by atoms with E-state index in [1.807, 2.05) is 24.3 Å². The Kier molecular flexibility index (Phi) is 2.99. The van der Waals surface area contributed by atoms with Gasteiger partial charge < -0.3 is 4.74 Å². The second kappa shape index (κ2) is 4.24. The molecule has 2 nitrogen and oxygen atoms in total. The number of halogens is 1. The average Bonchev–Trinajstić information content (AvgIpc) is 2.71. The van der Waals surface area contributed by atoms with Crippen molar-refractivity contribution in [1.29, 1.82) is 0 Å². The molecule has 1 atom stereocenters. The summed E-state index contributed by atoms with van der Waals surface area (Å²) in [6, 6.07) is 7.49. The summed E-state index contributed by atoms with van der Waals surface area (Å²) in [5.41, 5.74) is 0.781. The van der Waals surface area contributed by atoms with Crippen molar-refractivity contribution in [1.82, 2.24) is 0 Å². The third-order valence-electron chi connectivity index (χ3n) is 2.43. The number of carbonyl (C=O) groups is 1. The van der Waals surface area contributed by atoms with Crippen LogP contribution in [0.3, 0.4) is 0 Å². The van der Waals surface area contributed by atoms with E-state index in [0.29, 0.717) is 13.2 Å². The molecular formula is C11H11BrO2. The second-order valence-electron chi connectivity index (χ2n) is 3.43. The lowest BCUT2D eigenvalue weighted by atomic mass is 9.97. The first-order valence-corrected chi connectivity index (χ1v) is 5.44. The van der Waals surface area contributed by atoms with E-state index < -0.39 is 0 Å². The first-order chi connectivity index (χ1) is 6.77. The summed E-state index contributed by atoms with van der Waals surface area (Å²) in [5.74, 6) is 0.270. The van der Waals surface area contributed by atoms with Crippen molar-refractivity contribution in [2.75, 3.05) is 13.2 Å². The lowest BCUT2D eigenvalue weighted by Gasteiger charge is -2.05. The Morgan fingerprint density at radius 2 is 2.07 bits per heavy atom. The van der Waals surface area contributed by atoms with Gasteiger partial charge in [-0.25, -0.2) is 0 Å². The highest BCUT2D eigenvalue weighted by atomic mass is 79.9. The molecule has 14 heavy (non-hydrogen) atoms. The van der Waals surface area contributed by atoms with Crippen LogP contribution in [-0.4, -0.2) is 19.0 Å². The largest absolute Gasteiger partial charge is 0.381 e. The van der Waals surface area contributed by atoms with Gasteiger partial charge in [0.2, 0.25) is 0 Å². The Labute approximate surface area is 91.4 Å². The molecule has 0 radical (unpaired) electrons. The lowest BCUT2D eigenvalue weighted by Crippen LogP contribution is -2.14. The molecule has 2 rings (SSSR count). The van der Waals surface area contributed by atoms with Crippen molar-refractivity contribution >= 4 is 21.7 Å². The van der Waals surface area contributed by atoms with Crippen LogP contribution in [0.25, 0.3) is 0 Å². The molecule has 0 amide bonds. The monoisotopic (exact) mass is 254 g/mol. The third-order valence-corrected chi connectivity index (χ3v) is 2.96. The highest BCUT2D eigenvalue weighted by molar-refractivity contribution is 9.10. The van der Waals surface area contributed by atoms with Crippen LogP contribution in [0, 0.1) is 5.92 Å². The fourth-order valence-electron chi connectivity index (χ4n) is 1.59. The van der Waals surface area contributed by atoms with Crippen LogP contribution in [0.4, 0.5) is 0 Å². The zero-order chi connectivity index (χ0) is 9.97. The number of ketones is 1. The minimum atomic E-state index is 0.0659. The fraction of sp³-hybridized carbons (Fsp3) is 0.364. The Morgan fingerprint density at radius 1 is 1.36 bits per heavy atom. The molecule has 1 aromatic rings. The molecule has 1 saturated heterocycles. The first-order valence-electron chi connectivity index (χ1n) is 4.65. The van der Waals surface area contributed by atoms with Crippen LogP contribution < -0.4 is 0 Å². The molecular weight excluding hydrogens is 244 g/mol. The van der Waals surface area contributed by atoms with E-state index in [1.54, 1.807) is 0 Å². The van der Waals surface area contributed by atoms with Crippen LogP contribution in [0.1, 0.15) is 16.8 Å². The van der Waals surface area contributed by atoms with Crippen LogP contribution in [0.2, 0.25) is 0 Å². The van der Waals surface area contributed by atoms with Gasteiger partial charge in [-0.15, -0.1) is 0 Å². The fourth-order valence-corrected chi connectivity index (χ4v) is 1.86. The van der Waals surface area contributed by atoms with Crippen molar-refractivity contribution in [3.8, 4) is 0 Å². The molecule has 0 aromatic heterocycles. The van der Waals surface area contributed by atoms with Gasteiger partial charge in [0, 0.05) is 22.6 Å². The number of rotatable bonds is 2. The summed E-state index contributed by atoms with van der Waals surface area (Å²) in [4.78, 5) is 11.9. The van der Waals surface area contributed by atoms with Crippen LogP contribution in [-0.2, 0) is 4.74 Å². The van der Waals surface area contributed by atoms with Crippen molar-refractivity contribution in [2.45, 2.75) is 6.42 Å². The van der Waals surface area contributed by atoms with E-state index in [2.05, 4.69) is 15.9 Å². The lowest BCUT2D eigenvalue weighted by molar-refractivity contribution is 0.0900. The highest BCUT2D eigenvalue weighted by Gasteiger charge is 2.24. The van der Waals surface area contributed by atoms with Gasteiger partial charge >= 0.3 is 0 Å². The van der Waals surface area contributed by atoms with E-state index in [9.17, 15) is 4.79 Å². The number of Topliss-reactive ketones (excluding diaryl/α,β-unsaturated/α-hetero) is 1. The van der Waals surface area contributed by atoms with Crippen molar-refractivity contribution in [3.63, 3.8) is 0 Å². The van der Waals surface area contributed by atoms with Gasteiger partial charge in [-0.05, 0) is 18.6 Å². The minimum absolute atomic E-state index is 0.0659. The zero-order valence-electron chi connectivity index (χ0n) is 7.70. The van der Waals surface area contributed by atoms with E-state index >= 15 is 0 Å². The summed E-state index contributed by atoms with van der Waals surface area (Å²) >= 11 is 3.34. The molecule has 1 aromatic carbocycles. The molecule has 0 aliphatic carbocycles. The summed E-state index contributed by atoms with van der Waals surface area (Å²) in [6.07, 6.45) is 0.856. The molecule has 0 saturated carbocycles. The van der Waals surface area contributed by atoms with E-state index in [1.165, 1.54) is 0 Å². The minimum Gasteiger partial charge on any atom is -0.381 e. The normalized spacial score (nSPS) is 21.1. The highest BCUT2D eigenvalue weighted by Crippen LogP contribution is 2.19. The van der Waals surface area contributed by atoms with Crippen molar-refractivity contribution in [3.05, 3.63) is 34.3 Å². The molecule has 1 heterocycles. The Morgan fingerprint density at radius 3 is 2.64 bits per heavy atom. The van der Waals surface area contributed by atoms with Crippen LogP contribution >= 0.6 is 15.9 Å². The predicted molar refractivity (Wildman–Crippen MR) is 57.4 cm³/mol. The topological polar surface area (TPSA) is 26.3 Å². The summed E-state index contributed by atoms with van der Waals surface area (Å²) in [5, 5.41) is 0. The molecule has 1 unspecified atom stereocenters. The molecule has 0 N–H and O–H groups in total. The number of hydrogen-bond donors (Lipinski definition) is 0. The maximum Gasteiger partial charge on any atom is 0.168 e. The zero-order valence-corrected chi connectivity index (χ0v) is 9.29. The maximum absolute atomic E-state index is 11.9. The van der Waals surface area contributed by atoms with Gasteiger partial charge in [-0.1, -0.05) is 28.1 Å². The van der Waals surface area contributed by atoms with Gasteiger partial charge in [0.1, 0.15) is 0 Å². The second-order valence-corrected chi connectivity index (χ2v) is 4.35. The van der Waals surface area contributed by atoms with Gasteiger partial charge in [0.25, 0.3) is 0 Å². The first kappa shape index (κ1) is 9.87. The van der Waals surface area contributed by atoms with Crippen LogP contribution in [0.15, 0.2) is 28.7 Å². The third kappa shape index (κ3) is 2.04. The summed E-state index contributed by atoms with van der Waals surface area (Å²) in [7, 11) is 0. The van der Waals surface area contributed by atoms with Gasteiger partial charge in [-0.3, -0.25) is 4.79 Å². The quantitative estimate of drug-likeness (QED) is 0.759. The molecule has 1 aliphatic heterocycles. The summed E-state index contributed by atoms with van der Waals surface area (Å²) < 4.78 is 6.19. The van der Waals surface area contributed by atoms with E-state index in [-0.39, 0.29) is 11.7 Å². The Hall–Kier alpha value is -0.670. The molecule has 1 aliphatic rings. The van der Waals surface area contributed by atoms with E-state index in [0.717, 1.165) is 16.5 Å². The standard InChI is InChI=1S/C11H11BrO2/c12-10-3-1-8(2-4-10)11(13)9-5-6-14-7-9/h1-4,9H,5-7H2. The SMILES string of the molecule is O=C(c1ccc(Br)cc1)C1CCOC1. The maximum atomic E-state index is 11.9. The van der Waals surface area contributed by atoms with Gasteiger partial charge in [0.05, 0.1) is 6.61 Å². The Balaban J connectivity index is 2.14. The molecule has 0 bridgehead atoms. The van der Waals surface area contributed by atoms with Crippen molar-refractivity contribution < 1.29 is 9.53 Å². The van der Waals surface area contributed by atoms with Crippen LogP contribution in [0.5, 0.6) is 0 Å². The summed E-state index contributed by atoms with van der Waals surface area (Å²) in [6.45, 7) is 1.29. The number of hydrogen-bond acceptors (Lipinski definition) is 2. The molecule has 74 valence electrons. The number of benzene rings is 1. The molecule has 0 spiro atoms. The average molecular weight is 255 g/mol. The Bertz CT molecular complexity index is 326. The number of carbonyl (C=O) groups excluding carboxylic acids is 1. The smallest absolute Gasteiger partial charge is 0.168 e. The van der Waals surface area contributed by atoms with Gasteiger partial charge in [0.15, 0.2) is 5.78 Å². The van der Waals surface area contributed by atoms with E-state index in [4.69, 9.17) is 4.74 Å². The van der Waals surface area contributed by atoms with Crippen molar-refractivity contribution in [2.24, 2.45) is 5.92 Å².